The van der Waals surface area contributed by atoms with Crippen LogP contribution in [0.3, 0.4) is 0 Å². The first-order valence-corrected chi connectivity index (χ1v) is 11.8. The Bertz CT molecular complexity index is 1050. The molecule has 1 heterocycles. The van der Waals surface area contributed by atoms with E-state index in [-0.39, 0.29) is 0 Å². The van der Waals surface area contributed by atoms with Crippen molar-refractivity contribution in [2.45, 2.75) is 63.2 Å². The molecule has 0 unspecified atom stereocenters. The number of hydrogen-bond acceptors (Lipinski definition) is 3. The van der Waals surface area contributed by atoms with E-state index in [9.17, 15) is 8.42 Å². The van der Waals surface area contributed by atoms with Gasteiger partial charge in [-0.05, 0) is 49.1 Å². The van der Waals surface area contributed by atoms with Crippen LogP contribution < -0.4 is 0 Å². The number of fused-ring (bicyclic) bond motifs is 1. The van der Waals surface area contributed by atoms with E-state index in [2.05, 4.69) is 0 Å². The summed E-state index contributed by atoms with van der Waals surface area (Å²) in [5.74, 6) is 1.44. The molecule has 1 fully saturated rings. The minimum atomic E-state index is -3.67. The molecule has 0 saturated heterocycles. The Morgan fingerprint density at radius 1 is 1.04 bits per heavy atom. The summed E-state index contributed by atoms with van der Waals surface area (Å²) in [6, 6.07) is 14.5. The highest BCUT2D eigenvalue weighted by molar-refractivity contribution is 7.90. The summed E-state index contributed by atoms with van der Waals surface area (Å²) in [6.45, 7) is 2.01. The van der Waals surface area contributed by atoms with Crippen molar-refractivity contribution in [2.75, 3.05) is 0 Å². The molecule has 5 heteroatoms. The van der Waals surface area contributed by atoms with Crippen LogP contribution in [0.15, 0.2) is 53.4 Å². The largest absolute Gasteiger partial charge is 0.269 e. The molecular weight excluding hydrogens is 368 g/mol. The van der Waals surface area contributed by atoms with Gasteiger partial charge < -0.3 is 0 Å². The summed E-state index contributed by atoms with van der Waals surface area (Å²) >= 11 is 0. The van der Waals surface area contributed by atoms with Gasteiger partial charge in [0.05, 0.1) is 15.9 Å². The molecule has 0 amide bonds. The molecule has 0 N–H and O–H groups in total. The van der Waals surface area contributed by atoms with E-state index in [4.69, 9.17) is 4.98 Å². The average molecular weight is 397 g/mol. The van der Waals surface area contributed by atoms with Crippen LogP contribution in [-0.2, 0) is 16.4 Å². The highest BCUT2D eigenvalue weighted by Crippen LogP contribution is 2.29. The summed E-state index contributed by atoms with van der Waals surface area (Å²) in [5, 5.41) is 0. The fourth-order valence-electron chi connectivity index (χ4n) is 4.37. The Labute approximate surface area is 167 Å². The molecule has 28 heavy (non-hydrogen) atoms. The zero-order chi connectivity index (χ0) is 19.6. The predicted molar refractivity (Wildman–Crippen MR) is 113 cm³/mol. The van der Waals surface area contributed by atoms with Crippen LogP contribution in [0.25, 0.3) is 11.0 Å². The number of hydrogen-bond donors (Lipinski definition) is 0. The summed E-state index contributed by atoms with van der Waals surface area (Å²) < 4.78 is 28.3. The third-order valence-corrected chi connectivity index (χ3v) is 7.61. The van der Waals surface area contributed by atoms with Crippen LogP contribution in [-0.4, -0.2) is 17.4 Å². The van der Waals surface area contributed by atoms with Gasteiger partial charge in [0.2, 0.25) is 0 Å². The maximum atomic E-state index is 13.4. The molecule has 4 nitrogen and oxygen atoms in total. The lowest BCUT2D eigenvalue weighted by Gasteiger charge is -2.21. The van der Waals surface area contributed by atoms with Crippen molar-refractivity contribution in [3.63, 3.8) is 0 Å². The zero-order valence-corrected chi connectivity index (χ0v) is 17.3. The Morgan fingerprint density at radius 3 is 2.54 bits per heavy atom. The third-order valence-electron chi connectivity index (χ3n) is 5.85. The molecule has 0 radical (unpaired) electrons. The Morgan fingerprint density at radius 2 is 1.79 bits per heavy atom. The van der Waals surface area contributed by atoms with Crippen LogP contribution in [0.5, 0.6) is 0 Å². The predicted octanol–water partition coefficient (Wildman–Crippen LogP) is 5.48. The van der Waals surface area contributed by atoms with Gasteiger partial charge in [-0.2, -0.15) is 0 Å². The first-order valence-electron chi connectivity index (χ1n) is 10.3. The van der Waals surface area contributed by atoms with E-state index in [1.807, 2.05) is 31.2 Å². The molecule has 0 spiro atoms. The van der Waals surface area contributed by atoms with Crippen molar-refractivity contribution < 1.29 is 8.42 Å². The zero-order valence-electron chi connectivity index (χ0n) is 16.5. The molecule has 0 aliphatic heterocycles. The summed E-state index contributed by atoms with van der Waals surface area (Å²) in [7, 11) is -3.67. The van der Waals surface area contributed by atoms with E-state index in [0.717, 1.165) is 29.8 Å². The minimum Gasteiger partial charge on any atom is -0.232 e. The molecule has 0 bridgehead atoms. The quantitative estimate of drug-likeness (QED) is 0.554. The van der Waals surface area contributed by atoms with Crippen LogP contribution in [0.1, 0.15) is 56.3 Å². The van der Waals surface area contributed by atoms with Crippen LogP contribution in [0, 0.1) is 12.8 Å². The molecule has 148 valence electrons. The van der Waals surface area contributed by atoms with Crippen molar-refractivity contribution in [3.05, 3.63) is 59.9 Å². The fraction of sp³-hybridized carbons (Fsp3) is 0.435. The van der Waals surface area contributed by atoms with Gasteiger partial charge in [-0.15, -0.1) is 0 Å². The lowest BCUT2D eigenvalue weighted by molar-refractivity contribution is 0.332. The molecule has 1 aliphatic rings. The van der Waals surface area contributed by atoms with Gasteiger partial charge in [0.25, 0.3) is 10.0 Å². The number of benzene rings is 2. The van der Waals surface area contributed by atoms with Crippen molar-refractivity contribution in [1.29, 1.82) is 0 Å². The number of rotatable bonds is 6. The molecule has 2 aromatic carbocycles. The number of imidazole rings is 1. The van der Waals surface area contributed by atoms with Crippen molar-refractivity contribution in [2.24, 2.45) is 5.92 Å². The number of aryl methyl sites for hydroxylation is 2. The Hall–Kier alpha value is -2.14. The van der Waals surface area contributed by atoms with Crippen molar-refractivity contribution in [1.82, 2.24) is 8.96 Å². The van der Waals surface area contributed by atoms with Gasteiger partial charge in [-0.1, -0.05) is 62.8 Å². The third kappa shape index (κ3) is 3.86. The van der Waals surface area contributed by atoms with E-state index in [1.54, 1.807) is 24.3 Å². The number of nitrogens with zero attached hydrogens (tertiary/aromatic N) is 2. The monoisotopic (exact) mass is 396 g/mol. The topological polar surface area (TPSA) is 52.0 Å². The highest BCUT2D eigenvalue weighted by Gasteiger charge is 2.24. The Balaban J connectivity index is 1.68. The van der Waals surface area contributed by atoms with Crippen molar-refractivity contribution in [3.8, 4) is 0 Å². The lowest BCUT2D eigenvalue weighted by Crippen LogP contribution is -2.16. The van der Waals surface area contributed by atoms with E-state index < -0.39 is 10.0 Å². The lowest BCUT2D eigenvalue weighted by atomic mass is 9.86. The molecule has 1 aromatic heterocycles. The smallest absolute Gasteiger partial charge is 0.232 e. The second kappa shape index (κ2) is 8.08. The van der Waals surface area contributed by atoms with Gasteiger partial charge in [0.15, 0.2) is 0 Å². The second-order valence-corrected chi connectivity index (χ2v) is 9.79. The standard InChI is InChI=1S/C23H28N2O2S/c1-18-15-16-22-21(17-18)24-23(14-8-11-19-9-4-2-5-10-19)25(22)28(26,27)20-12-6-3-7-13-20/h3,6-7,12-13,15-17,19H,2,4-5,8-11,14H2,1H3. The van der Waals surface area contributed by atoms with Crippen LogP contribution in [0.2, 0.25) is 0 Å². The SMILES string of the molecule is Cc1ccc2c(c1)nc(CCCC1CCCCC1)n2S(=O)(=O)c1ccccc1. The molecule has 1 aliphatic carbocycles. The summed E-state index contributed by atoms with van der Waals surface area (Å²) in [6.07, 6.45) is 9.51. The van der Waals surface area contributed by atoms with E-state index >= 15 is 0 Å². The molecule has 3 aromatic rings. The van der Waals surface area contributed by atoms with Gasteiger partial charge in [0, 0.05) is 6.42 Å². The van der Waals surface area contributed by atoms with Gasteiger partial charge >= 0.3 is 0 Å². The fourth-order valence-corrected chi connectivity index (χ4v) is 5.90. The molecule has 0 atom stereocenters. The maximum Gasteiger partial charge on any atom is 0.269 e. The van der Waals surface area contributed by atoms with Crippen LogP contribution in [0.4, 0.5) is 0 Å². The van der Waals surface area contributed by atoms with Gasteiger partial charge in [-0.25, -0.2) is 17.4 Å². The summed E-state index contributed by atoms with van der Waals surface area (Å²) in [4.78, 5) is 5.04. The van der Waals surface area contributed by atoms with Gasteiger partial charge in [0.1, 0.15) is 5.82 Å². The normalized spacial score (nSPS) is 15.9. The van der Waals surface area contributed by atoms with Crippen LogP contribution >= 0.6 is 0 Å². The Kier molecular flexibility index (Phi) is 5.54. The molecule has 4 rings (SSSR count). The first kappa shape index (κ1) is 19.2. The van der Waals surface area contributed by atoms with E-state index in [1.165, 1.54) is 36.1 Å². The van der Waals surface area contributed by atoms with Gasteiger partial charge in [-0.3, -0.25) is 0 Å². The number of aromatic nitrogens is 2. The van der Waals surface area contributed by atoms with Crippen molar-refractivity contribution >= 4 is 21.1 Å². The average Bonchev–Trinajstić information content (AvgIpc) is 3.07. The maximum absolute atomic E-state index is 13.4. The van der Waals surface area contributed by atoms with E-state index in [0.29, 0.717) is 22.7 Å². The molecule has 1 saturated carbocycles. The first-order chi connectivity index (χ1) is 13.6. The molecular formula is C23H28N2O2S. The highest BCUT2D eigenvalue weighted by atomic mass is 32.2. The minimum absolute atomic E-state index is 0.309. The second-order valence-electron chi connectivity index (χ2n) is 8.00. The summed E-state index contributed by atoms with van der Waals surface area (Å²) in [5.41, 5.74) is 2.51.